The third-order valence-corrected chi connectivity index (χ3v) is 4.23. The lowest BCUT2D eigenvalue weighted by atomic mass is 10.1. The Morgan fingerprint density at radius 3 is 2.68 bits per heavy atom. The summed E-state index contributed by atoms with van der Waals surface area (Å²) in [6.45, 7) is -0.432. The Balaban J connectivity index is 1.57. The van der Waals surface area contributed by atoms with Crippen LogP contribution in [0.5, 0.6) is 11.5 Å². The fraction of sp³-hybridized carbons (Fsp3) is 0.200. The molecule has 146 valence electrons. The number of hydrogen-bond donors (Lipinski definition) is 1. The zero-order valence-electron chi connectivity index (χ0n) is 15.3. The Bertz CT molecular complexity index is 1010. The summed E-state index contributed by atoms with van der Waals surface area (Å²) in [4.78, 5) is 24.2. The van der Waals surface area contributed by atoms with Crippen LogP contribution in [0.1, 0.15) is 5.56 Å². The van der Waals surface area contributed by atoms with Crippen molar-refractivity contribution in [2.45, 2.75) is 6.42 Å². The van der Waals surface area contributed by atoms with E-state index in [1.807, 2.05) is 0 Å². The van der Waals surface area contributed by atoms with Gasteiger partial charge in [0.15, 0.2) is 6.61 Å². The van der Waals surface area contributed by atoms with Crippen molar-refractivity contribution in [2.24, 2.45) is 0 Å². The number of benzene rings is 2. The van der Waals surface area contributed by atoms with Crippen molar-refractivity contribution in [1.82, 2.24) is 0 Å². The first kappa shape index (κ1) is 19.6. The van der Waals surface area contributed by atoms with Crippen molar-refractivity contribution in [3.8, 4) is 11.5 Å². The predicted molar refractivity (Wildman–Crippen MR) is 104 cm³/mol. The highest BCUT2D eigenvalue weighted by Gasteiger charge is 2.15. The van der Waals surface area contributed by atoms with Gasteiger partial charge in [0.2, 0.25) is 0 Å². The zero-order valence-corrected chi connectivity index (χ0v) is 16.0. The van der Waals surface area contributed by atoms with Gasteiger partial charge in [0.05, 0.1) is 32.6 Å². The molecule has 7 nitrogen and oxygen atoms in total. The van der Waals surface area contributed by atoms with Gasteiger partial charge >= 0.3 is 5.97 Å². The van der Waals surface area contributed by atoms with Gasteiger partial charge in [0.25, 0.3) is 5.91 Å². The van der Waals surface area contributed by atoms with Gasteiger partial charge in [-0.25, -0.2) is 0 Å². The predicted octanol–water partition coefficient (Wildman–Crippen LogP) is 3.83. The fourth-order valence-corrected chi connectivity index (χ4v) is 2.82. The van der Waals surface area contributed by atoms with Gasteiger partial charge in [-0.05, 0) is 30.3 Å². The second-order valence-electron chi connectivity index (χ2n) is 5.85. The highest BCUT2D eigenvalue weighted by molar-refractivity contribution is 6.31. The number of carbonyl (C=O) groups is 2. The summed E-state index contributed by atoms with van der Waals surface area (Å²) in [6, 6.07) is 10.1. The highest BCUT2D eigenvalue weighted by Crippen LogP contribution is 2.28. The normalized spacial score (nSPS) is 10.5. The standard InChI is InChI=1S/C20H18ClNO6/c1-25-14-4-5-15-12(10-27-18(15)9-14)7-20(24)28-11-19(23)22-16-8-13(21)3-6-17(16)26-2/h3-6,8-10H,7,11H2,1-2H3,(H,22,23). The lowest BCUT2D eigenvalue weighted by Crippen LogP contribution is -2.21. The second kappa shape index (κ2) is 8.67. The Kier molecular flexibility index (Phi) is 6.06. The first-order valence-electron chi connectivity index (χ1n) is 8.33. The van der Waals surface area contributed by atoms with Gasteiger partial charge in [-0.3, -0.25) is 9.59 Å². The average molecular weight is 404 g/mol. The number of methoxy groups -OCH3 is 2. The summed E-state index contributed by atoms with van der Waals surface area (Å²) in [6.07, 6.45) is 1.47. The summed E-state index contributed by atoms with van der Waals surface area (Å²) < 4.78 is 20.8. The molecule has 0 aliphatic rings. The van der Waals surface area contributed by atoms with Crippen molar-refractivity contribution in [3.63, 3.8) is 0 Å². The Labute approximate surface area is 166 Å². The first-order valence-corrected chi connectivity index (χ1v) is 8.71. The summed E-state index contributed by atoms with van der Waals surface area (Å²) in [5.41, 5.74) is 1.67. The second-order valence-corrected chi connectivity index (χ2v) is 6.29. The van der Waals surface area contributed by atoms with E-state index in [0.717, 1.165) is 5.39 Å². The molecule has 28 heavy (non-hydrogen) atoms. The van der Waals surface area contributed by atoms with E-state index in [1.165, 1.54) is 13.4 Å². The number of nitrogens with one attached hydrogen (secondary N) is 1. The average Bonchev–Trinajstić information content (AvgIpc) is 3.08. The molecule has 0 aliphatic carbocycles. The number of carbonyl (C=O) groups excluding carboxylic acids is 2. The number of fused-ring (bicyclic) bond motifs is 1. The largest absolute Gasteiger partial charge is 0.497 e. The smallest absolute Gasteiger partial charge is 0.310 e. The fourth-order valence-electron chi connectivity index (χ4n) is 2.64. The number of furan rings is 1. The van der Waals surface area contributed by atoms with E-state index in [-0.39, 0.29) is 6.42 Å². The lowest BCUT2D eigenvalue weighted by Gasteiger charge is -2.10. The maximum absolute atomic E-state index is 12.1. The highest BCUT2D eigenvalue weighted by atomic mass is 35.5. The quantitative estimate of drug-likeness (QED) is 0.603. The maximum atomic E-state index is 12.1. The van der Waals surface area contributed by atoms with E-state index < -0.39 is 18.5 Å². The van der Waals surface area contributed by atoms with Crippen molar-refractivity contribution >= 4 is 40.1 Å². The molecule has 1 amide bonds. The number of halogens is 1. The monoisotopic (exact) mass is 403 g/mol. The van der Waals surface area contributed by atoms with Crippen LogP contribution in [0.4, 0.5) is 5.69 Å². The zero-order chi connectivity index (χ0) is 20.1. The molecule has 0 spiro atoms. The number of amides is 1. The van der Waals surface area contributed by atoms with E-state index in [1.54, 1.807) is 43.5 Å². The van der Waals surface area contributed by atoms with Crippen LogP contribution in [0, 0.1) is 0 Å². The molecule has 0 saturated carbocycles. The van der Waals surface area contributed by atoms with Crippen LogP contribution in [0.15, 0.2) is 47.1 Å². The molecular weight excluding hydrogens is 386 g/mol. The molecule has 2 aromatic carbocycles. The van der Waals surface area contributed by atoms with Crippen LogP contribution in [0.25, 0.3) is 11.0 Å². The van der Waals surface area contributed by atoms with Gasteiger partial charge in [0, 0.05) is 22.0 Å². The molecule has 0 unspecified atom stereocenters. The number of hydrogen-bond acceptors (Lipinski definition) is 6. The molecule has 3 aromatic rings. The molecule has 0 fully saturated rings. The van der Waals surface area contributed by atoms with Gasteiger partial charge in [0.1, 0.15) is 17.1 Å². The molecule has 8 heteroatoms. The van der Waals surface area contributed by atoms with E-state index in [2.05, 4.69) is 5.32 Å². The summed E-state index contributed by atoms with van der Waals surface area (Å²) in [5, 5.41) is 3.83. The topological polar surface area (TPSA) is 87.0 Å². The summed E-state index contributed by atoms with van der Waals surface area (Å²) >= 11 is 5.92. The van der Waals surface area contributed by atoms with Crippen molar-refractivity contribution in [1.29, 1.82) is 0 Å². The maximum Gasteiger partial charge on any atom is 0.310 e. The van der Waals surface area contributed by atoms with Crippen LogP contribution >= 0.6 is 11.6 Å². The first-order chi connectivity index (χ1) is 13.5. The molecule has 0 saturated heterocycles. The van der Waals surface area contributed by atoms with Gasteiger partial charge < -0.3 is 23.9 Å². The molecule has 0 bridgehead atoms. The third-order valence-electron chi connectivity index (χ3n) is 4.00. The molecule has 1 N–H and O–H groups in total. The van der Waals surface area contributed by atoms with E-state index in [9.17, 15) is 9.59 Å². The third kappa shape index (κ3) is 4.55. The molecule has 0 radical (unpaired) electrons. The van der Waals surface area contributed by atoms with Crippen LogP contribution in [-0.2, 0) is 20.7 Å². The van der Waals surface area contributed by atoms with E-state index >= 15 is 0 Å². The number of ether oxygens (including phenoxy) is 3. The molecule has 1 aromatic heterocycles. The van der Waals surface area contributed by atoms with Gasteiger partial charge in [-0.15, -0.1) is 0 Å². The molecular formula is C20H18ClNO6. The lowest BCUT2D eigenvalue weighted by molar-refractivity contribution is -0.146. The molecule has 0 aliphatic heterocycles. The number of anilines is 1. The molecule has 3 rings (SSSR count). The number of esters is 1. The summed E-state index contributed by atoms with van der Waals surface area (Å²) in [5.74, 6) is 0.0518. The van der Waals surface area contributed by atoms with Crippen LogP contribution in [0.2, 0.25) is 5.02 Å². The van der Waals surface area contributed by atoms with Gasteiger partial charge in [-0.1, -0.05) is 11.6 Å². The molecule has 1 heterocycles. The Morgan fingerprint density at radius 2 is 1.93 bits per heavy atom. The number of rotatable bonds is 7. The van der Waals surface area contributed by atoms with Crippen LogP contribution in [-0.4, -0.2) is 32.7 Å². The summed E-state index contributed by atoms with van der Waals surface area (Å²) in [7, 11) is 3.04. The minimum absolute atomic E-state index is 0.0207. The van der Waals surface area contributed by atoms with Gasteiger partial charge in [-0.2, -0.15) is 0 Å². The minimum Gasteiger partial charge on any atom is -0.497 e. The molecule has 0 atom stereocenters. The Morgan fingerprint density at radius 1 is 1.11 bits per heavy atom. The van der Waals surface area contributed by atoms with Crippen molar-refractivity contribution < 1.29 is 28.2 Å². The Hall–Kier alpha value is -3.19. The van der Waals surface area contributed by atoms with Crippen molar-refractivity contribution in [3.05, 3.63) is 53.2 Å². The SMILES string of the molecule is COc1ccc2c(CC(=O)OCC(=O)Nc3cc(Cl)ccc3OC)coc2c1. The minimum atomic E-state index is -0.549. The van der Waals surface area contributed by atoms with Crippen LogP contribution < -0.4 is 14.8 Å². The van der Waals surface area contributed by atoms with Crippen LogP contribution in [0.3, 0.4) is 0 Å². The van der Waals surface area contributed by atoms with E-state index in [0.29, 0.717) is 33.4 Å². The van der Waals surface area contributed by atoms with Crippen molar-refractivity contribution in [2.75, 3.05) is 26.1 Å². The van der Waals surface area contributed by atoms with E-state index in [4.69, 9.17) is 30.2 Å².